The van der Waals surface area contributed by atoms with E-state index in [0.717, 1.165) is 28.4 Å². The molecule has 0 spiro atoms. The first-order chi connectivity index (χ1) is 8.60. The minimum absolute atomic E-state index is 0.0388. The molecule has 1 saturated carbocycles. The van der Waals surface area contributed by atoms with Crippen molar-refractivity contribution in [1.82, 2.24) is 5.32 Å². The summed E-state index contributed by atoms with van der Waals surface area (Å²) in [5.74, 6) is -0.0388. The molecule has 0 bridgehead atoms. The van der Waals surface area contributed by atoms with Crippen molar-refractivity contribution in [3.63, 3.8) is 0 Å². The third-order valence-electron chi connectivity index (χ3n) is 3.01. The number of hydrogen-bond donors (Lipinski definition) is 1. The summed E-state index contributed by atoms with van der Waals surface area (Å²) >= 11 is 6.76. The van der Waals surface area contributed by atoms with Crippen molar-refractivity contribution in [3.8, 4) is 0 Å². The molecular weight excluding hydrogens is 362 g/mol. The van der Waals surface area contributed by atoms with E-state index < -0.39 is 0 Å². The molecular formula is C13H15Br2NO2. The molecule has 1 aliphatic rings. The number of carbonyl (C=O) groups excluding carboxylic acids is 1. The maximum atomic E-state index is 12.1. The molecule has 1 aromatic carbocycles. The molecule has 0 unspecified atom stereocenters. The normalized spacial score (nSPS) is 22.4. The summed E-state index contributed by atoms with van der Waals surface area (Å²) in [6.45, 7) is 2.73. The number of hydrogen-bond acceptors (Lipinski definition) is 2. The molecule has 1 fully saturated rings. The predicted octanol–water partition coefficient (Wildman–Crippen LogP) is 3.51. The molecule has 0 aliphatic heterocycles. The highest BCUT2D eigenvalue weighted by Gasteiger charge is 2.31. The van der Waals surface area contributed by atoms with Gasteiger partial charge < -0.3 is 10.1 Å². The summed E-state index contributed by atoms with van der Waals surface area (Å²) in [6, 6.07) is 5.82. The summed E-state index contributed by atoms with van der Waals surface area (Å²) in [5, 5.41) is 3.02. The highest BCUT2D eigenvalue weighted by atomic mass is 79.9. The van der Waals surface area contributed by atoms with Crippen molar-refractivity contribution in [1.29, 1.82) is 0 Å². The minimum atomic E-state index is -0.0388. The van der Waals surface area contributed by atoms with Crippen LogP contribution < -0.4 is 5.32 Å². The Morgan fingerprint density at radius 1 is 1.44 bits per heavy atom. The van der Waals surface area contributed by atoms with Gasteiger partial charge in [0.15, 0.2) is 0 Å². The highest BCUT2D eigenvalue weighted by Crippen LogP contribution is 2.25. The van der Waals surface area contributed by atoms with Gasteiger partial charge in [0.25, 0.3) is 5.91 Å². The van der Waals surface area contributed by atoms with E-state index in [1.807, 2.05) is 25.1 Å². The Kier molecular flexibility index (Phi) is 4.81. The Morgan fingerprint density at radius 3 is 2.83 bits per heavy atom. The summed E-state index contributed by atoms with van der Waals surface area (Å²) in [7, 11) is 0. The third-order valence-corrected chi connectivity index (χ3v) is 4.19. The van der Waals surface area contributed by atoms with E-state index in [2.05, 4.69) is 37.2 Å². The van der Waals surface area contributed by atoms with Crippen LogP contribution in [0.5, 0.6) is 0 Å². The van der Waals surface area contributed by atoms with Crippen molar-refractivity contribution in [3.05, 3.63) is 32.7 Å². The maximum Gasteiger partial charge on any atom is 0.252 e. The summed E-state index contributed by atoms with van der Waals surface area (Å²) < 4.78 is 7.18. The van der Waals surface area contributed by atoms with Crippen LogP contribution in [0.25, 0.3) is 0 Å². The van der Waals surface area contributed by atoms with Crippen molar-refractivity contribution >= 4 is 37.8 Å². The fourth-order valence-electron chi connectivity index (χ4n) is 1.99. The number of amides is 1. The van der Waals surface area contributed by atoms with Gasteiger partial charge in [-0.2, -0.15) is 0 Å². The summed E-state index contributed by atoms with van der Waals surface area (Å²) in [6.07, 6.45) is 2.13. The lowest BCUT2D eigenvalue weighted by atomic mass is 9.89. The molecule has 1 aromatic rings. The van der Waals surface area contributed by atoms with Crippen molar-refractivity contribution in [2.24, 2.45) is 0 Å². The van der Waals surface area contributed by atoms with Crippen LogP contribution in [0.15, 0.2) is 27.1 Å². The van der Waals surface area contributed by atoms with Crippen LogP contribution in [0.4, 0.5) is 0 Å². The average Bonchev–Trinajstić information content (AvgIpc) is 2.29. The minimum Gasteiger partial charge on any atom is -0.378 e. The van der Waals surface area contributed by atoms with E-state index in [1.165, 1.54) is 0 Å². The molecule has 18 heavy (non-hydrogen) atoms. The molecule has 3 nitrogen and oxygen atoms in total. The predicted molar refractivity (Wildman–Crippen MR) is 77.7 cm³/mol. The SMILES string of the molecule is CCOC1CC(NC(=O)c2cc(Br)ccc2Br)C1. The lowest BCUT2D eigenvalue weighted by Crippen LogP contribution is -2.47. The van der Waals surface area contributed by atoms with Gasteiger partial charge in [0.1, 0.15) is 0 Å². The van der Waals surface area contributed by atoms with Crippen LogP contribution in [-0.4, -0.2) is 24.7 Å². The van der Waals surface area contributed by atoms with E-state index in [4.69, 9.17) is 4.74 Å². The van der Waals surface area contributed by atoms with Gasteiger partial charge in [-0.05, 0) is 53.9 Å². The van der Waals surface area contributed by atoms with Crippen LogP contribution in [0.3, 0.4) is 0 Å². The molecule has 2 rings (SSSR count). The Morgan fingerprint density at radius 2 is 2.17 bits per heavy atom. The number of ether oxygens (including phenoxy) is 1. The lowest BCUT2D eigenvalue weighted by molar-refractivity contribution is -0.00863. The van der Waals surface area contributed by atoms with Crippen LogP contribution in [-0.2, 0) is 4.74 Å². The number of halogens is 2. The maximum absolute atomic E-state index is 12.1. The molecule has 98 valence electrons. The van der Waals surface area contributed by atoms with Gasteiger partial charge >= 0.3 is 0 Å². The first-order valence-electron chi connectivity index (χ1n) is 5.97. The smallest absolute Gasteiger partial charge is 0.252 e. The molecule has 1 aliphatic carbocycles. The largest absolute Gasteiger partial charge is 0.378 e. The first-order valence-corrected chi connectivity index (χ1v) is 7.56. The molecule has 0 saturated heterocycles. The number of benzene rings is 1. The van der Waals surface area contributed by atoms with Gasteiger partial charge in [-0.1, -0.05) is 15.9 Å². The van der Waals surface area contributed by atoms with E-state index in [9.17, 15) is 4.79 Å². The van der Waals surface area contributed by atoms with Gasteiger partial charge in [-0.25, -0.2) is 0 Å². The quantitative estimate of drug-likeness (QED) is 0.873. The molecule has 0 radical (unpaired) electrons. The second kappa shape index (κ2) is 6.17. The third kappa shape index (κ3) is 3.33. The average molecular weight is 377 g/mol. The molecule has 1 N–H and O–H groups in total. The Bertz CT molecular complexity index is 445. The van der Waals surface area contributed by atoms with Gasteiger partial charge in [0.2, 0.25) is 0 Å². The van der Waals surface area contributed by atoms with Gasteiger partial charge in [0, 0.05) is 21.6 Å². The molecule has 5 heteroatoms. The number of nitrogens with one attached hydrogen (secondary N) is 1. The second-order valence-corrected chi connectivity index (χ2v) is 6.11. The van der Waals surface area contributed by atoms with Crippen molar-refractivity contribution in [2.75, 3.05) is 6.61 Å². The van der Waals surface area contributed by atoms with E-state index >= 15 is 0 Å². The van der Waals surface area contributed by atoms with Crippen LogP contribution in [0.1, 0.15) is 30.1 Å². The van der Waals surface area contributed by atoms with Crippen molar-refractivity contribution < 1.29 is 9.53 Å². The monoisotopic (exact) mass is 375 g/mol. The molecule has 0 heterocycles. The topological polar surface area (TPSA) is 38.3 Å². The molecule has 1 amide bonds. The summed E-state index contributed by atoms with van der Waals surface area (Å²) in [5.41, 5.74) is 0.657. The van der Waals surface area contributed by atoms with E-state index in [0.29, 0.717) is 11.7 Å². The molecule has 0 aromatic heterocycles. The standard InChI is InChI=1S/C13H15Br2NO2/c1-2-18-10-6-9(7-10)16-13(17)11-5-8(14)3-4-12(11)15/h3-5,9-10H,2,6-7H2,1H3,(H,16,17). The summed E-state index contributed by atoms with van der Waals surface area (Å²) in [4.78, 5) is 12.1. The fourth-order valence-corrected chi connectivity index (χ4v) is 2.78. The van der Waals surface area contributed by atoms with Crippen LogP contribution in [0.2, 0.25) is 0 Å². The Labute approximate surface area is 124 Å². The van der Waals surface area contributed by atoms with Crippen LogP contribution in [0, 0.1) is 0 Å². The van der Waals surface area contributed by atoms with Crippen molar-refractivity contribution in [2.45, 2.75) is 31.9 Å². The number of rotatable bonds is 4. The zero-order chi connectivity index (χ0) is 13.1. The second-order valence-electron chi connectivity index (χ2n) is 4.34. The fraction of sp³-hybridized carbons (Fsp3) is 0.462. The highest BCUT2D eigenvalue weighted by molar-refractivity contribution is 9.11. The zero-order valence-electron chi connectivity index (χ0n) is 10.1. The Balaban J connectivity index is 1.91. The first kappa shape index (κ1) is 14.0. The van der Waals surface area contributed by atoms with Gasteiger partial charge in [0.05, 0.1) is 11.7 Å². The lowest BCUT2D eigenvalue weighted by Gasteiger charge is -2.35. The number of carbonyl (C=O) groups is 1. The van der Waals surface area contributed by atoms with Crippen LogP contribution >= 0.6 is 31.9 Å². The zero-order valence-corrected chi connectivity index (χ0v) is 13.3. The van der Waals surface area contributed by atoms with E-state index in [-0.39, 0.29) is 11.9 Å². The Hall–Kier alpha value is -0.390. The molecule has 0 atom stereocenters. The van der Waals surface area contributed by atoms with E-state index in [1.54, 1.807) is 0 Å². The van der Waals surface area contributed by atoms with Gasteiger partial charge in [-0.15, -0.1) is 0 Å². The van der Waals surface area contributed by atoms with Gasteiger partial charge in [-0.3, -0.25) is 4.79 Å².